The molecule has 0 aliphatic carbocycles. The number of aromatic nitrogens is 2. The van der Waals surface area contributed by atoms with Crippen molar-refractivity contribution in [2.24, 2.45) is 7.05 Å². The van der Waals surface area contributed by atoms with E-state index < -0.39 is 0 Å². The zero-order valence-electron chi connectivity index (χ0n) is 12.6. The van der Waals surface area contributed by atoms with Crippen LogP contribution in [0, 0.1) is 0 Å². The van der Waals surface area contributed by atoms with E-state index in [-0.39, 0.29) is 0 Å². The van der Waals surface area contributed by atoms with Crippen molar-refractivity contribution in [3.8, 4) is 0 Å². The molecule has 21 heavy (non-hydrogen) atoms. The van der Waals surface area contributed by atoms with Crippen LogP contribution in [0.1, 0.15) is 18.9 Å². The molecule has 1 heterocycles. The second-order valence-corrected chi connectivity index (χ2v) is 7.09. The molecule has 1 atom stereocenters. The monoisotopic (exact) mass is 367 g/mol. The smallest absolute Gasteiger partial charge is 0.0521 e. The van der Waals surface area contributed by atoms with E-state index in [1.54, 1.807) is 0 Å². The SMILES string of the molecule is CCNC(CCc1cnn(C)c1)CSc1ccc(Br)cc1. The van der Waals surface area contributed by atoms with Gasteiger partial charge in [-0.3, -0.25) is 4.68 Å². The highest BCUT2D eigenvalue weighted by atomic mass is 79.9. The van der Waals surface area contributed by atoms with Gasteiger partial charge in [0.25, 0.3) is 0 Å². The molecular weight excluding hydrogens is 346 g/mol. The Bertz CT molecular complexity index is 539. The van der Waals surface area contributed by atoms with E-state index in [4.69, 9.17) is 0 Å². The highest BCUT2D eigenvalue weighted by Crippen LogP contribution is 2.22. The lowest BCUT2D eigenvalue weighted by Gasteiger charge is -2.17. The van der Waals surface area contributed by atoms with Gasteiger partial charge < -0.3 is 5.32 Å². The first-order chi connectivity index (χ1) is 10.2. The molecule has 0 spiro atoms. The van der Waals surface area contributed by atoms with Gasteiger partial charge in [-0.2, -0.15) is 5.10 Å². The minimum Gasteiger partial charge on any atom is -0.313 e. The Kier molecular flexibility index (Phi) is 6.80. The van der Waals surface area contributed by atoms with E-state index >= 15 is 0 Å². The van der Waals surface area contributed by atoms with Crippen LogP contribution in [0.5, 0.6) is 0 Å². The van der Waals surface area contributed by atoms with Crippen LogP contribution in [-0.4, -0.2) is 28.1 Å². The molecule has 0 fully saturated rings. The van der Waals surface area contributed by atoms with Gasteiger partial charge in [-0.15, -0.1) is 11.8 Å². The summed E-state index contributed by atoms with van der Waals surface area (Å²) in [5.74, 6) is 1.09. The van der Waals surface area contributed by atoms with Gasteiger partial charge in [0, 0.05) is 34.4 Å². The maximum absolute atomic E-state index is 4.23. The third-order valence-corrected chi connectivity index (χ3v) is 5.00. The molecule has 1 N–H and O–H groups in total. The second-order valence-electron chi connectivity index (χ2n) is 5.08. The van der Waals surface area contributed by atoms with Gasteiger partial charge in [-0.1, -0.05) is 22.9 Å². The van der Waals surface area contributed by atoms with Crippen molar-refractivity contribution in [3.63, 3.8) is 0 Å². The Morgan fingerprint density at radius 1 is 1.33 bits per heavy atom. The molecule has 1 unspecified atom stereocenters. The molecule has 0 aliphatic heterocycles. The summed E-state index contributed by atoms with van der Waals surface area (Å²) in [7, 11) is 1.97. The van der Waals surface area contributed by atoms with Gasteiger partial charge in [-0.25, -0.2) is 0 Å². The summed E-state index contributed by atoms with van der Waals surface area (Å²) in [5, 5.41) is 7.81. The van der Waals surface area contributed by atoms with Crippen molar-refractivity contribution in [2.45, 2.75) is 30.7 Å². The molecule has 1 aromatic carbocycles. The van der Waals surface area contributed by atoms with Crippen LogP contribution in [0.2, 0.25) is 0 Å². The van der Waals surface area contributed by atoms with Gasteiger partial charge in [-0.05, 0) is 49.2 Å². The fourth-order valence-electron chi connectivity index (χ4n) is 2.20. The highest BCUT2D eigenvalue weighted by Gasteiger charge is 2.09. The minimum atomic E-state index is 0.531. The summed E-state index contributed by atoms with van der Waals surface area (Å²) in [4.78, 5) is 1.32. The minimum absolute atomic E-state index is 0.531. The number of nitrogens with one attached hydrogen (secondary N) is 1. The van der Waals surface area contributed by atoms with E-state index in [9.17, 15) is 0 Å². The molecule has 0 amide bonds. The summed E-state index contributed by atoms with van der Waals surface area (Å²) in [6.07, 6.45) is 6.28. The molecule has 5 heteroatoms. The summed E-state index contributed by atoms with van der Waals surface area (Å²) in [6.45, 7) is 3.18. The predicted molar refractivity (Wildman–Crippen MR) is 93.9 cm³/mol. The number of hydrogen-bond donors (Lipinski definition) is 1. The average Bonchev–Trinajstić information content (AvgIpc) is 2.89. The number of nitrogens with zero attached hydrogens (tertiary/aromatic N) is 2. The van der Waals surface area contributed by atoms with Gasteiger partial charge in [0.05, 0.1) is 6.20 Å². The number of benzene rings is 1. The molecule has 0 aliphatic rings. The molecule has 3 nitrogen and oxygen atoms in total. The van der Waals surface area contributed by atoms with Crippen LogP contribution < -0.4 is 5.32 Å². The third kappa shape index (κ3) is 5.85. The lowest BCUT2D eigenvalue weighted by Crippen LogP contribution is -2.31. The van der Waals surface area contributed by atoms with Gasteiger partial charge in [0.1, 0.15) is 0 Å². The van der Waals surface area contributed by atoms with Crippen LogP contribution in [-0.2, 0) is 13.5 Å². The van der Waals surface area contributed by atoms with Crippen molar-refractivity contribution >= 4 is 27.7 Å². The lowest BCUT2D eigenvalue weighted by molar-refractivity contribution is 0.537. The molecule has 0 saturated heterocycles. The van der Waals surface area contributed by atoms with Crippen LogP contribution in [0.15, 0.2) is 46.0 Å². The quantitative estimate of drug-likeness (QED) is 0.717. The van der Waals surface area contributed by atoms with Gasteiger partial charge in [0.15, 0.2) is 0 Å². The van der Waals surface area contributed by atoms with E-state index in [1.807, 2.05) is 29.7 Å². The summed E-state index contributed by atoms with van der Waals surface area (Å²) < 4.78 is 3.00. The zero-order chi connectivity index (χ0) is 15.1. The summed E-state index contributed by atoms with van der Waals surface area (Å²) >= 11 is 5.39. The van der Waals surface area contributed by atoms with Gasteiger partial charge in [0.2, 0.25) is 0 Å². The van der Waals surface area contributed by atoms with Crippen LogP contribution >= 0.6 is 27.7 Å². The molecule has 1 aromatic heterocycles. The van der Waals surface area contributed by atoms with Crippen molar-refractivity contribution in [1.82, 2.24) is 15.1 Å². The maximum atomic E-state index is 4.23. The second kappa shape index (κ2) is 8.61. The average molecular weight is 368 g/mol. The fourth-order valence-corrected chi connectivity index (χ4v) is 3.47. The first-order valence-electron chi connectivity index (χ1n) is 7.26. The third-order valence-electron chi connectivity index (χ3n) is 3.30. The molecular formula is C16H22BrN3S. The number of hydrogen-bond acceptors (Lipinski definition) is 3. The van der Waals surface area contributed by atoms with E-state index in [2.05, 4.69) is 63.7 Å². The van der Waals surface area contributed by atoms with Crippen LogP contribution in [0.25, 0.3) is 0 Å². The Labute approximate surface area is 139 Å². The Morgan fingerprint density at radius 3 is 2.71 bits per heavy atom. The van der Waals surface area contributed by atoms with Crippen molar-refractivity contribution < 1.29 is 0 Å². The summed E-state index contributed by atoms with van der Waals surface area (Å²) in [5.41, 5.74) is 1.31. The zero-order valence-corrected chi connectivity index (χ0v) is 15.0. The van der Waals surface area contributed by atoms with Crippen molar-refractivity contribution in [1.29, 1.82) is 0 Å². The standard InChI is InChI=1S/C16H22BrN3S/c1-3-18-15(7-4-13-10-19-20(2)11-13)12-21-16-8-5-14(17)6-9-16/h5-6,8-11,15,18H,3-4,7,12H2,1-2H3. The Morgan fingerprint density at radius 2 is 2.10 bits per heavy atom. The van der Waals surface area contributed by atoms with E-state index in [0.29, 0.717) is 6.04 Å². The molecule has 0 saturated carbocycles. The largest absolute Gasteiger partial charge is 0.313 e. The van der Waals surface area contributed by atoms with Gasteiger partial charge >= 0.3 is 0 Å². The normalized spacial score (nSPS) is 12.5. The lowest BCUT2D eigenvalue weighted by atomic mass is 10.1. The molecule has 0 bridgehead atoms. The maximum Gasteiger partial charge on any atom is 0.0521 e. The number of halogens is 1. The van der Waals surface area contributed by atoms with Crippen molar-refractivity contribution in [3.05, 3.63) is 46.7 Å². The van der Waals surface area contributed by atoms with Crippen molar-refractivity contribution in [2.75, 3.05) is 12.3 Å². The predicted octanol–water partition coefficient (Wildman–Crippen LogP) is 3.89. The molecule has 114 valence electrons. The fraction of sp³-hybridized carbons (Fsp3) is 0.438. The first-order valence-corrected chi connectivity index (χ1v) is 9.04. The Balaban J connectivity index is 1.82. The number of aryl methyl sites for hydroxylation is 2. The number of thioether (sulfide) groups is 1. The summed E-state index contributed by atoms with van der Waals surface area (Å²) in [6, 6.07) is 9.06. The molecule has 2 aromatic rings. The topological polar surface area (TPSA) is 29.9 Å². The Hall–Kier alpha value is -0.780. The van der Waals surface area contributed by atoms with Crippen LogP contribution in [0.3, 0.4) is 0 Å². The van der Waals surface area contributed by atoms with E-state index in [1.165, 1.54) is 10.5 Å². The number of rotatable bonds is 8. The van der Waals surface area contributed by atoms with E-state index in [0.717, 1.165) is 29.6 Å². The molecule has 2 rings (SSSR count). The first kappa shape index (κ1) is 16.6. The highest BCUT2D eigenvalue weighted by molar-refractivity contribution is 9.10. The molecule has 0 radical (unpaired) electrons. The van der Waals surface area contributed by atoms with Crippen LogP contribution in [0.4, 0.5) is 0 Å².